The first-order valence-electron chi connectivity index (χ1n) is 9.94. The minimum Gasteiger partial charge on any atom is -0.454 e. The van der Waals surface area contributed by atoms with Gasteiger partial charge in [-0.2, -0.15) is 4.98 Å². The molecule has 30 heavy (non-hydrogen) atoms. The minimum absolute atomic E-state index is 0.0719. The second-order valence-corrected chi connectivity index (χ2v) is 7.56. The fraction of sp³-hybridized carbons (Fsp3) is 0.318. The van der Waals surface area contributed by atoms with E-state index in [2.05, 4.69) is 47.1 Å². The number of fused-ring (bicyclic) bond motifs is 1. The van der Waals surface area contributed by atoms with Crippen molar-refractivity contribution in [2.24, 2.45) is 0 Å². The lowest BCUT2D eigenvalue weighted by molar-refractivity contribution is 0.0731. The minimum atomic E-state index is -0.217. The van der Waals surface area contributed by atoms with E-state index in [0.29, 0.717) is 30.2 Å². The van der Waals surface area contributed by atoms with Crippen LogP contribution in [0, 0.1) is 13.8 Å². The van der Waals surface area contributed by atoms with Gasteiger partial charge in [-0.05, 0) is 43.7 Å². The quantitative estimate of drug-likeness (QED) is 0.661. The van der Waals surface area contributed by atoms with Crippen molar-refractivity contribution in [2.45, 2.75) is 13.8 Å². The smallest absolute Gasteiger partial charge is 0.295 e. The standard InChI is InChI=1S/C22H22N4O4/c1-14-3-5-17(15(2)11-14)25-7-9-26(10-8-25)22(27)20-23-21(30-24-20)16-4-6-18-19(12-16)29-13-28-18/h3-6,11-12H,7-10,13H2,1-2H3. The molecule has 0 saturated carbocycles. The average Bonchev–Trinajstić information content (AvgIpc) is 3.42. The van der Waals surface area contributed by atoms with Crippen LogP contribution in [0.15, 0.2) is 40.9 Å². The Kier molecular flexibility index (Phi) is 4.54. The first-order valence-corrected chi connectivity index (χ1v) is 9.94. The molecule has 0 aliphatic carbocycles. The third-order valence-electron chi connectivity index (χ3n) is 5.50. The number of rotatable bonds is 3. The summed E-state index contributed by atoms with van der Waals surface area (Å²) in [5.41, 5.74) is 4.41. The van der Waals surface area contributed by atoms with E-state index in [1.165, 1.54) is 16.8 Å². The van der Waals surface area contributed by atoms with Crippen molar-refractivity contribution in [3.8, 4) is 23.0 Å². The number of carbonyl (C=O) groups is 1. The fourth-order valence-electron chi connectivity index (χ4n) is 3.91. The summed E-state index contributed by atoms with van der Waals surface area (Å²) in [6.07, 6.45) is 0. The predicted molar refractivity (Wildman–Crippen MR) is 110 cm³/mol. The van der Waals surface area contributed by atoms with Gasteiger partial charge >= 0.3 is 0 Å². The van der Waals surface area contributed by atoms with Crippen molar-refractivity contribution in [1.82, 2.24) is 15.0 Å². The number of amides is 1. The van der Waals surface area contributed by atoms with E-state index in [0.717, 1.165) is 13.1 Å². The molecule has 0 N–H and O–H groups in total. The summed E-state index contributed by atoms with van der Waals surface area (Å²) in [4.78, 5) is 21.3. The van der Waals surface area contributed by atoms with E-state index < -0.39 is 0 Å². The molecule has 1 amide bonds. The van der Waals surface area contributed by atoms with Gasteiger partial charge in [0.25, 0.3) is 17.6 Å². The van der Waals surface area contributed by atoms with Crippen LogP contribution in [0.25, 0.3) is 11.5 Å². The normalized spacial score (nSPS) is 15.5. The van der Waals surface area contributed by atoms with E-state index in [9.17, 15) is 4.79 Å². The molecule has 0 bridgehead atoms. The van der Waals surface area contributed by atoms with Crippen molar-refractivity contribution < 1.29 is 18.8 Å². The van der Waals surface area contributed by atoms with Crippen LogP contribution >= 0.6 is 0 Å². The highest BCUT2D eigenvalue weighted by Gasteiger charge is 2.27. The van der Waals surface area contributed by atoms with Gasteiger partial charge in [-0.15, -0.1) is 0 Å². The van der Waals surface area contributed by atoms with Crippen LogP contribution in [-0.2, 0) is 0 Å². The predicted octanol–water partition coefficient (Wildman–Crippen LogP) is 3.04. The maximum absolute atomic E-state index is 12.9. The number of anilines is 1. The van der Waals surface area contributed by atoms with Crippen LogP contribution in [0.2, 0.25) is 0 Å². The van der Waals surface area contributed by atoms with Gasteiger partial charge in [0.1, 0.15) is 0 Å². The summed E-state index contributed by atoms with van der Waals surface area (Å²) in [5.74, 6) is 1.44. The summed E-state index contributed by atoms with van der Waals surface area (Å²) in [5, 5.41) is 3.90. The highest BCUT2D eigenvalue weighted by atomic mass is 16.7. The number of aromatic nitrogens is 2. The Morgan fingerprint density at radius 2 is 1.77 bits per heavy atom. The Morgan fingerprint density at radius 3 is 2.57 bits per heavy atom. The highest BCUT2D eigenvalue weighted by molar-refractivity contribution is 5.91. The number of ether oxygens (including phenoxy) is 2. The van der Waals surface area contributed by atoms with Crippen molar-refractivity contribution in [2.75, 3.05) is 37.9 Å². The number of hydrogen-bond acceptors (Lipinski definition) is 7. The topological polar surface area (TPSA) is 80.9 Å². The average molecular weight is 406 g/mol. The van der Waals surface area contributed by atoms with E-state index in [-0.39, 0.29) is 24.4 Å². The second kappa shape index (κ2) is 7.37. The molecule has 2 aromatic carbocycles. The molecule has 2 aliphatic rings. The lowest BCUT2D eigenvalue weighted by Gasteiger charge is -2.36. The molecule has 1 fully saturated rings. The Morgan fingerprint density at radius 1 is 0.967 bits per heavy atom. The molecule has 1 saturated heterocycles. The van der Waals surface area contributed by atoms with Crippen LogP contribution in [-0.4, -0.2) is 53.9 Å². The van der Waals surface area contributed by atoms with Gasteiger partial charge in [0.05, 0.1) is 0 Å². The largest absolute Gasteiger partial charge is 0.454 e. The van der Waals surface area contributed by atoms with Gasteiger partial charge in [-0.3, -0.25) is 4.79 Å². The zero-order chi connectivity index (χ0) is 20.7. The second-order valence-electron chi connectivity index (χ2n) is 7.56. The molecule has 2 aliphatic heterocycles. The van der Waals surface area contributed by atoms with Gasteiger partial charge in [0, 0.05) is 37.4 Å². The van der Waals surface area contributed by atoms with Gasteiger partial charge < -0.3 is 23.8 Å². The molecule has 0 radical (unpaired) electrons. The van der Waals surface area contributed by atoms with Crippen molar-refractivity contribution >= 4 is 11.6 Å². The van der Waals surface area contributed by atoms with Gasteiger partial charge in [0.15, 0.2) is 11.5 Å². The van der Waals surface area contributed by atoms with Gasteiger partial charge in [-0.25, -0.2) is 0 Å². The van der Waals surface area contributed by atoms with E-state index in [1.807, 2.05) is 0 Å². The number of benzene rings is 2. The number of aryl methyl sites for hydroxylation is 2. The first kappa shape index (κ1) is 18.5. The molecule has 5 rings (SSSR count). The highest BCUT2D eigenvalue weighted by Crippen LogP contribution is 2.35. The van der Waals surface area contributed by atoms with Gasteiger partial charge in [0.2, 0.25) is 6.79 Å². The van der Waals surface area contributed by atoms with Crippen LogP contribution in [0.4, 0.5) is 5.69 Å². The molecule has 0 atom stereocenters. The zero-order valence-corrected chi connectivity index (χ0v) is 16.9. The number of piperazine rings is 1. The molecule has 0 spiro atoms. The van der Waals surface area contributed by atoms with Crippen LogP contribution < -0.4 is 14.4 Å². The summed E-state index contributed by atoms with van der Waals surface area (Å²) in [6, 6.07) is 11.8. The lowest BCUT2D eigenvalue weighted by Crippen LogP contribution is -2.49. The van der Waals surface area contributed by atoms with Gasteiger partial charge in [-0.1, -0.05) is 22.9 Å². The molecule has 3 heterocycles. The molecule has 8 nitrogen and oxygen atoms in total. The molecular formula is C22H22N4O4. The maximum atomic E-state index is 12.9. The van der Waals surface area contributed by atoms with E-state index in [4.69, 9.17) is 14.0 Å². The number of carbonyl (C=O) groups excluding carboxylic acids is 1. The summed E-state index contributed by atoms with van der Waals surface area (Å²) in [6.45, 7) is 7.17. The van der Waals surface area contributed by atoms with E-state index in [1.54, 1.807) is 23.1 Å². The molecule has 1 aromatic heterocycles. The first-order chi connectivity index (χ1) is 14.6. The fourth-order valence-corrected chi connectivity index (χ4v) is 3.91. The van der Waals surface area contributed by atoms with Crippen LogP contribution in [0.3, 0.4) is 0 Å². The molecule has 3 aromatic rings. The maximum Gasteiger partial charge on any atom is 0.295 e. The number of nitrogens with zero attached hydrogens (tertiary/aromatic N) is 4. The van der Waals surface area contributed by atoms with Crippen LogP contribution in [0.5, 0.6) is 11.5 Å². The monoisotopic (exact) mass is 406 g/mol. The Bertz CT molecular complexity index is 1100. The molecule has 8 heteroatoms. The summed E-state index contributed by atoms with van der Waals surface area (Å²) < 4.78 is 16.0. The van der Waals surface area contributed by atoms with E-state index >= 15 is 0 Å². The van der Waals surface area contributed by atoms with Crippen molar-refractivity contribution in [3.63, 3.8) is 0 Å². The third-order valence-corrected chi connectivity index (χ3v) is 5.50. The summed E-state index contributed by atoms with van der Waals surface area (Å²) >= 11 is 0. The summed E-state index contributed by atoms with van der Waals surface area (Å²) in [7, 11) is 0. The Labute approximate surface area is 174 Å². The molecule has 0 unspecified atom stereocenters. The zero-order valence-electron chi connectivity index (χ0n) is 16.9. The Hall–Kier alpha value is -3.55. The molecule has 154 valence electrons. The van der Waals surface area contributed by atoms with Crippen molar-refractivity contribution in [1.29, 1.82) is 0 Å². The third kappa shape index (κ3) is 3.34. The SMILES string of the molecule is Cc1ccc(N2CCN(C(=O)c3noc(-c4ccc5c(c4)OCO5)n3)CC2)c(C)c1. The number of hydrogen-bond donors (Lipinski definition) is 0. The Balaban J connectivity index is 1.26. The molecular weight excluding hydrogens is 384 g/mol. The van der Waals surface area contributed by atoms with Crippen LogP contribution in [0.1, 0.15) is 21.7 Å². The lowest BCUT2D eigenvalue weighted by atomic mass is 10.1. The van der Waals surface area contributed by atoms with Crippen molar-refractivity contribution in [3.05, 3.63) is 53.3 Å².